The zero-order valence-corrected chi connectivity index (χ0v) is 18.5. The van der Waals surface area contributed by atoms with Crippen molar-refractivity contribution >= 4 is 21.6 Å². The molecule has 164 valence electrons. The molecule has 31 heavy (non-hydrogen) atoms. The third-order valence-corrected chi connectivity index (χ3v) is 5.81. The predicted molar refractivity (Wildman–Crippen MR) is 116 cm³/mol. The summed E-state index contributed by atoms with van der Waals surface area (Å²) in [6, 6.07) is 15.9. The van der Waals surface area contributed by atoms with Crippen molar-refractivity contribution in [3.63, 3.8) is 0 Å². The monoisotopic (exact) mass is 444 g/mol. The Kier molecular flexibility index (Phi) is 6.59. The van der Waals surface area contributed by atoms with Gasteiger partial charge in [0.1, 0.15) is 5.75 Å². The first-order chi connectivity index (χ1) is 14.6. The molecule has 0 radical (unpaired) electrons. The van der Waals surface area contributed by atoms with Crippen LogP contribution >= 0.6 is 0 Å². The molecule has 1 aromatic heterocycles. The summed E-state index contributed by atoms with van der Waals surface area (Å²) in [6.45, 7) is 1.78. The number of carbonyl (C=O) groups is 1. The van der Waals surface area contributed by atoms with E-state index < -0.39 is 16.1 Å². The molecule has 0 saturated heterocycles. The largest absolute Gasteiger partial charge is 0.481 e. The first-order valence-corrected chi connectivity index (χ1v) is 11.3. The van der Waals surface area contributed by atoms with Gasteiger partial charge in [0.15, 0.2) is 6.10 Å². The first kappa shape index (κ1) is 22.3. The average molecular weight is 445 g/mol. The quantitative estimate of drug-likeness (QED) is 0.526. The van der Waals surface area contributed by atoms with Crippen molar-refractivity contribution in [2.75, 3.05) is 24.7 Å². The van der Waals surface area contributed by atoms with E-state index in [1.807, 2.05) is 30.3 Å². The molecule has 1 heterocycles. The van der Waals surface area contributed by atoms with Crippen LogP contribution in [0.15, 0.2) is 59.1 Å². The molecular weight excluding hydrogens is 420 g/mol. The predicted octanol–water partition coefficient (Wildman–Crippen LogP) is 2.56. The zero-order chi connectivity index (χ0) is 22.6. The number of carbonyl (C=O) groups excluding carboxylic acids is 1. The average Bonchev–Trinajstić information content (AvgIpc) is 3.21. The van der Waals surface area contributed by atoms with Gasteiger partial charge in [-0.15, -0.1) is 0 Å². The summed E-state index contributed by atoms with van der Waals surface area (Å²) >= 11 is 0. The molecule has 0 N–H and O–H groups in total. The molecule has 1 atom stereocenters. The smallest absolute Gasteiger partial charge is 0.263 e. The number of ether oxygens (including phenoxy) is 1. The standard InChI is InChI=1S/C21H24N4O5S/c1-15(29-18-12-10-17(11-13-18)25(3)31(4,27)28)21(26)24(2)14-19-22-20(23-30-19)16-8-6-5-7-9-16/h5-13,15H,14H2,1-4H3/t15-/m1/s1. The van der Waals surface area contributed by atoms with Crippen molar-refractivity contribution in [3.05, 3.63) is 60.5 Å². The summed E-state index contributed by atoms with van der Waals surface area (Å²) in [7, 11) is -0.261. The maximum atomic E-state index is 12.7. The van der Waals surface area contributed by atoms with Crippen molar-refractivity contribution in [1.29, 1.82) is 0 Å². The molecule has 0 fully saturated rings. The minimum Gasteiger partial charge on any atom is -0.481 e. The second kappa shape index (κ2) is 9.17. The van der Waals surface area contributed by atoms with Crippen LogP contribution in [0, 0.1) is 0 Å². The normalized spacial score (nSPS) is 12.3. The third-order valence-electron chi connectivity index (χ3n) is 4.61. The van der Waals surface area contributed by atoms with Crippen LogP contribution < -0.4 is 9.04 Å². The second-order valence-corrected chi connectivity index (χ2v) is 9.07. The lowest BCUT2D eigenvalue weighted by Crippen LogP contribution is -2.37. The Balaban J connectivity index is 1.59. The van der Waals surface area contributed by atoms with E-state index in [1.165, 1.54) is 11.9 Å². The molecular formula is C21H24N4O5S. The molecule has 2 aromatic carbocycles. The maximum absolute atomic E-state index is 12.7. The lowest BCUT2D eigenvalue weighted by molar-refractivity contribution is -0.137. The van der Waals surface area contributed by atoms with Crippen LogP contribution in [-0.4, -0.2) is 55.8 Å². The molecule has 1 amide bonds. The van der Waals surface area contributed by atoms with Gasteiger partial charge in [0.2, 0.25) is 21.7 Å². The summed E-state index contributed by atoms with van der Waals surface area (Å²) in [4.78, 5) is 18.4. The Morgan fingerprint density at radius 3 is 2.35 bits per heavy atom. The molecule has 0 aliphatic carbocycles. The van der Waals surface area contributed by atoms with E-state index in [4.69, 9.17) is 9.26 Å². The fourth-order valence-electron chi connectivity index (χ4n) is 2.80. The molecule has 3 aromatic rings. The van der Waals surface area contributed by atoms with Gasteiger partial charge in [0, 0.05) is 19.7 Å². The molecule has 0 aliphatic rings. The number of anilines is 1. The highest BCUT2D eigenvalue weighted by Crippen LogP contribution is 2.21. The molecule has 9 nitrogen and oxygen atoms in total. The molecule has 3 rings (SSSR count). The minimum absolute atomic E-state index is 0.143. The number of aromatic nitrogens is 2. The highest BCUT2D eigenvalue weighted by molar-refractivity contribution is 7.92. The van der Waals surface area contributed by atoms with Gasteiger partial charge in [-0.05, 0) is 31.2 Å². The van der Waals surface area contributed by atoms with E-state index in [0.29, 0.717) is 23.2 Å². The number of hydrogen-bond donors (Lipinski definition) is 0. The Bertz CT molecular complexity index is 1130. The molecule has 0 spiro atoms. The van der Waals surface area contributed by atoms with Crippen molar-refractivity contribution in [2.45, 2.75) is 19.6 Å². The van der Waals surface area contributed by atoms with Gasteiger partial charge in [0.05, 0.1) is 18.5 Å². The van der Waals surface area contributed by atoms with Crippen molar-refractivity contribution in [2.24, 2.45) is 0 Å². The fourth-order valence-corrected chi connectivity index (χ4v) is 3.30. The van der Waals surface area contributed by atoms with E-state index >= 15 is 0 Å². The number of benzene rings is 2. The summed E-state index contributed by atoms with van der Waals surface area (Å²) < 4.78 is 35.4. The maximum Gasteiger partial charge on any atom is 0.263 e. The van der Waals surface area contributed by atoms with Gasteiger partial charge in [0.25, 0.3) is 5.91 Å². The van der Waals surface area contributed by atoms with E-state index in [9.17, 15) is 13.2 Å². The molecule has 0 bridgehead atoms. The lowest BCUT2D eigenvalue weighted by Gasteiger charge is -2.21. The Morgan fingerprint density at radius 1 is 1.10 bits per heavy atom. The third kappa shape index (κ3) is 5.60. The Hall–Kier alpha value is -3.40. The van der Waals surface area contributed by atoms with Crippen LogP contribution in [0.1, 0.15) is 12.8 Å². The Labute approximate surface area is 181 Å². The summed E-state index contributed by atoms with van der Waals surface area (Å²) in [5, 5.41) is 3.95. The topological polar surface area (TPSA) is 106 Å². The van der Waals surface area contributed by atoms with Crippen molar-refractivity contribution < 1.29 is 22.5 Å². The zero-order valence-electron chi connectivity index (χ0n) is 17.7. The number of hydrogen-bond acceptors (Lipinski definition) is 7. The first-order valence-electron chi connectivity index (χ1n) is 9.49. The number of sulfonamides is 1. The van der Waals surface area contributed by atoms with Gasteiger partial charge < -0.3 is 14.2 Å². The molecule has 10 heteroatoms. The van der Waals surface area contributed by atoms with Crippen LogP contribution in [0.2, 0.25) is 0 Å². The van der Waals surface area contributed by atoms with E-state index in [2.05, 4.69) is 10.1 Å². The fraction of sp³-hybridized carbons (Fsp3) is 0.286. The highest BCUT2D eigenvalue weighted by atomic mass is 32.2. The van der Waals surface area contributed by atoms with Crippen molar-refractivity contribution in [3.8, 4) is 17.1 Å². The number of nitrogens with zero attached hydrogens (tertiary/aromatic N) is 4. The number of amides is 1. The van der Waals surface area contributed by atoms with Crippen LogP contribution in [0.3, 0.4) is 0 Å². The Morgan fingerprint density at radius 2 is 1.74 bits per heavy atom. The second-order valence-electron chi connectivity index (χ2n) is 7.06. The van der Waals surface area contributed by atoms with E-state index in [1.54, 1.807) is 38.2 Å². The summed E-state index contributed by atoms with van der Waals surface area (Å²) in [5.74, 6) is 0.954. The van der Waals surface area contributed by atoms with Gasteiger partial charge in [-0.1, -0.05) is 35.5 Å². The van der Waals surface area contributed by atoms with Crippen LogP contribution in [-0.2, 0) is 21.4 Å². The van der Waals surface area contributed by atoms with Gasteiger partial charge >= 0.3 is 0 Å². The van der Waals surface area contributed by atoms with E-state index in [0.717, 1.165) is 16.1 Å². The van der Waals surface area contributed by atoms with Crippen LogP contribution in [0.25, 0.3) is 11.4 Å². The highest BCUT2D eigenvalue weighted by Gasteiger charge is 2.22. The number of likely N-dealkylation sites (N-methyl/N-ethyl adjacent to an activating group) is 1. The lowest BCUT2D eigenvalue weighted by atomic mass is 10.2. The molecule has 0 unspecified atom stereocenters. The van der Waals surface area contributed by atoms with Crippen LogP contribution in [0.4, 0.5) is 5.69 Å². The minimum atomic E-state index is -3.35. The summed E-state index contributed by atoms with van der Waals surface area (Å²) in [5.41, 5.74) is 1.32. The molecule has 0 aliphatic heterocycles. The molecule has 0 saturated carbocycles. The SMILES string of the molecule is C[C@@H](Oc1ccc(N(C)S(C)(=O)=O)cc1)C(=O)N(C)Cc1nc(-c2ccccc2)no1. The van der Waals surface area contributed by atoms with Gasteiger partial charge in [-0.3, -0.25) is 9.10 Å². The number of rotatable bonds is 8. The van der Waals surface area contributed by atoms with Gasteiger partial charge in [-0.2, -0.15) is 4.98 Å². The van der Waals surface area contributed by atoms with E-state index in [-0.39, 0.29) is 12.5 Å². The van der Waals surface area contributed by atoms with Crippen LogP contribution in [0.5, 0.6) is 5.75 Å². The summed E-state index contributed by atoms with van der Waals surface area (Å²) in [6.07, 6.45) is 0.361. The van der Waals surface area contributed by atoms with Gasteiger partial charge in [-0.25, -0.2) is 8.42 Å². The van der Waals surface area contributed by atoms with Crippen molar-refractivity contribution in [1.82, 2.24) is 15.0 Å².